The summed E-state index contributed by atoms with van der Waals surface area (Å²) in [5.41, 5.74) is 7.64. The van der Waals surface area contributed by atoms with Crippen LogP contribution in [0.2, 0.25) is 0 Å². The number of aliphatic carboxylic acids is 1. The lowest BCUT2D eigenvalue weighted by molar-refractivity contribution is -0.384. The molecule has 28 heavy (non-hydrogen) atoms. The molecule has 5 unspecified atom stereocenters. The highest BCUT2D eigenvalue weighted by Gasteiger charge is 2.49. The summed E-state index contributed by atoms with van der Waals surface area (Å²) in [6.07, 6.45) is 0.000765. The maximum absolute atomic E-state index is 12.1. The van der Waals surface area contributed by atoms with Crippen LogP contribution in [0.4, 0.5) is 5.69 Å². The van der Waals surface area contributed by atoms with E-state index in [1.165, 1.54) is 12.1 Å². The number of hydrazine groups is 1. The number of non-ortho nitro benzene ring substituents is 1. The fraction of sp³-hybridized carbons (Fsp3) is 0.316. The number of nitrogens with one attached hydrogen (secondary N) is 3. The van der Waals surface area contributed by atoms with Crippen molar-refractivity contribution in [2.75, 3.05) is 0 Å². The first kappa shape index (κ1) is 18.4. The first-order chi connectivity index (χ1) is 13.4. The number of aromatic hydroxyl groups is 1. The van der Waals surface area contributed by atoms with Gasteiger partial charge in [-0.15, -0.1) is 0 Å². The molecule has 2 heterocycles. The van der Waals surface area contributed by atoms with Crippen LogP contribution in [0.3, 0.4) is 0 Å². The lowest BCUT2D eigenvalue weighted by atomic mass is 9.75. The third-order valence-corrected chi connectivity index (χ3v) is 5.53. The third-order valence-electron chi connectivity index (χ3n) is 5.53. The molecule has 2 aromatic carbocycles. The first-order valence-corrected chi connectivity index (χ1v) is 8.97. The molecule has 0 aromatic heterocycles. The van der Waals surface area contributed by atoms with E-state index >= 15 is 0 Å². The summed E-state index contributed by atoms with van der Waals surface area (Å²) in [5, 5.41) is 34.1. The largest absolute Gasteiger partial charge is 0.508 e. The van der Waals surface area contributed by atoms with Gasteiger partial charge in [-0.05, 0) is 29.7 Å². The maximum Gasteiger partial charge on any atom is 0.307 e. The van der Waals surface area contributed by atoms with Crippen LogP contribution in [0.5, 0.6) is 5.75 Å². The number of carboxylic acids is 1. The third kappa shape index (κ3) is 3.31. The number of fused-ring (bicyclic) bond motifs is 1. The Balaban J connectivity index is 1.64. The number of nitro benzene ring substituents is 1. The van der Waals surface area contributed by atoms with E-state index < -0.39 is 16.8 Å². The number of carbonyl (C=O) groups is 1. The molecule has 0 amide bonds. The lowest BCUT2D eigenvalue weighted by Crippen LogP contribution is -2.53. The van der Waals surface area contributed by atoms with Crippen molar-refractivity contribution < 1.29 is 19.9 Å². The van der Waals surface area contributed by atoms with Gasteiger partial charge in [0, 0.05) is 24.1 Å². The first-order valence-electron chi connectivity index (χ1n) is 8.97. The molecule has 9 nitrogen and oxygen atoms in total. The van der Waals surface area contributed by atoms with E-state index in [0.717, 1.165) is 5.56 Å². The molecule has 0 bridgehead atoms. The number of carboxylic acid groups (broad SMARTS) is 1. The molecule has 5 atom stereocenters. The number of hydrogen-bond donors (Lipinski definition) is 5. The van der Waals surface area contributed by atoms with Gasteiger partial charge in [0.2, 0.25) is 0 Å². The Morgan fingerprint density at radius 1 is 1.11 bits per heavy atom. The van der Waals surface area contributed by atoms with Gasteiger partial charge in [0.05, 0.1) is 23.0 Å². The highest BCUT2D eigenvalue weighted by atomic mass is 16.6. The van der Waals surface area contributed by atoms with Crippen LogP contribution in [0, 0.1) is 22.0 Å². The standard InChI is InChI=1S/C19H20N4O5/c24-13-6-2-3-10(8-13)15-9-14(19(25)26)16-17(21-22-18(16)20-15)11-4-1-5-12(7-11)23(27)28/h1-8,14-18,20-22,24H,9H2,(H,25,26). The summed E-state index contributed by atoms with van der Waals surface area (Å²) < 4.78 is 0. The molecule has 0 aliphatic carbocycles. The predicted molar refractivity (Wildman–Crippen MR) is 99.1 cm³/mol. The van der Waals surface area contributed by atoms with Crippen molar-refractivity contribution in [3.63, 3.8) is 0 Å². The molecule has 0 radical (unpaired) electrons. The van der Waals surface area contributed by atoms with Gasteiger partial charge in [-0.3, -0.25) is 20.2 Å². The number of phenolic OH excluding ortho intramolecular Hbond substituents is 1. The number of nitro groups is 1. The van der Waals surface area contributed by atoms with E-state index in [0.29, 0.717) is 12.0 Å². The smallest absolute Gasteiger partial charge is 0.307 e. The van der Waals surface area contributed by atoms with Crippen LogP contribution in [0.15, 0.2) is 48.5 Å². The molecule has 2 aromatic rings. The van der Waals surface area contributed by atoms with Crippen LogP contribution < -0.4 is 16.2 Å². The summed E-state index contributed by atoms with van der Waals surface area (Å²) in [6.45, 7) is 0. The Kier molecular flexibility index (Phi) is 4.71. The molecule has 2 aliphatic heterocycles. The van der Waals surface area contributed by atoms with Crippen LogP contribution in [-0.2, 0) is 4.79 Å². The minimum absolute atomic E-state index is 0.0315. The maximum atomic E-state index is 12.1. The molecule has 2 fully saturated rings. The van der Waals surface area contributed by atoms with E-state index in [2.05, 4.69) is 16.2 Å². The fourth-order valence-electron chi connectivity index (χ4n) is 4.25. The monoisotopic (exact) mass is 384 g/mol. The van der Waals surface area contributed by atoms with Crippen LogP contribution in [0.1, 0.15) is 29.6 Å². The molecule has 0 saturated carbocycles. The minimum Gasteiger partial charge on any atom is -0.508 e. The second kappa shape index (κ2) is 7.19. The van der Waals surface area contributed by atoms with Crippen molar-refractivity contribution in [1.82, 2.24) is 16.2 Å². The average Bonchev–Trinajstić information content (AvgIpc) is 3.11. The van der Waals surface area contributed by atoms with Crippen LogP contribution in [-0.4, -0.2) is 27.3 Å². The van der Waals surface area contributed by atoms with Crippen molar-refractivity contribution in [2.24, 2.45) is 11.8 Å². The Labute approximate surface area is 160 Å². The van der Waals surface area contributed by atoms with Gasteiger partial charge in [-0.25, -0.2) is 10.9 Å². The number of rotatable bonds is 4. The average molecular weight is 384 g/mol. The minimum atomic E-state index is -0.914. The van der Waals surface area contributed by atoms with Crippen LogP contribution in [0.25, 0.3) is 0 Å². The molecule has 4 rings (SSSR count). The van der Waals surface area contributed by atoms with Gasteiger partial charge in [-0.1, -0.05) is 24.3 Å². The van der Waals surface area contributed by atoms with Gasteiger partial charge in [0.25, 0.3) is 5.69 Å². The van der Waals surface area contributed by atoms with Gasteiger partial charge in [0.15, 0.2) is 0 Å². The van der Waals surface area contributed by atoms with Crippen molar-refractivity contribution in [1.29, 1.82) is 0 Å². The van der Waals surface area contributed by atoms with Gasteiger partial charge >= 0.3 is 5.97 Å². The molecule has 0 spiro atoms. The summed E-state index contributed by atoms with van der Waals surface area (Å²) in [7, 11) is 0. The molecule has 9 heteroatoms. The zero-order valence-electron chi connectivity index (χ0n) is 14.8. The lowest BCUT2D eigenvalue weighted by Gasteiger charge is -2.39. The second-order valence-corrected chi connectivity index (χ2v) is 7.17. The normalized spacial score (nSPS) is 29.2. The SMILES string of the molecule is O=C(O)C1CC(c2cccc(O)c2)NC2NNC(c3cccc([N+](=O)[O-])c3)C21. The quantitative estimate of drug-likeness (QED) is 0.398. The number of nitrogens with zero attached hydrogens (tertiary/aromatic N) is 1. The van der Waals surface area contributed by atoms with E-state index in [4.69, 9.17) is 0 Å². The number of piperidine rings is 1. The number of benzene rings is 2. The predicted octanol–water partition coefficient (Wildman–Crippen LogP) is 1.83. The van der Waals surface area contributed by atoms with Gasteiger partial charge in [-0.2, -0.15) is 0 Å². The zero-order valence-corrected chi connectivity index (χ0v) is 14.8. The summed E-state index contributed by atoms with van der Waals surface area (Å²) in [5.74, 6) is -1.80. The highest BCUT2D eigenvalue weighted by molar-refractivity contribution is 5.71. The fourth-order valence-corrected chi connectivity index (χ4v) is 4.25. The van der Waals surface area contributed by atoms with E-state index in [1.54, 1.807) is 30.3 Å². The molecule has 5 N–H and O–H groups in total. The summed E-state index contributed by atoms with van der Waals surface area (Å²) in [4.78, 5) is 22.7. The Bertz CT molecular complexity index is 921. The Morgan fingerprint density at radius 3 is 2.57 bits per heavy atom. The molecular formula is C19H20N4O5. The van der Waals surface area contributed by atoms with Crippen molar-refractivity contribution >= 4 is 11.7 Å². The van der Waals surface area contributed by atoms with Crippen molar-refractivity contribution in [3.8, 4) is 5.75 Å². The van der Waals surface area contributed by atoms with E-state index in [-0.39, 0.29) is 35.6 Å². The molecule has 2 aliphatic rings. The van der Waals surface area contributed by atoms with Gasteiger partial charge in [0.1, 0.15) is 5.75 Å². The van der Waals surface area contributed by atoms with Crippen LogP contribution >= 0.6 is 0 Å². The Morgan fingerprint density at radius 2 is 1.86 bits per heavy atom. The van der Waals surface area contributed by atoms with E-state index in [9.17, 15) is 25.1 Å². The van der Waals surface area contributed by atoms with Gasteiger partial charge < -0.3 is 10.2 Å². The van der Waals surface area contributed by atoms with Crippen molar-refractivity contribution in [3.05, 3.63) is 69.8 Å². The highest BCUT2D eigenvalue weighted by Crippen LogP contribution is 2.43. The Hall–Kier alpha value is -3.01. The molecular weight excluding hydrogens is 364 g/mol. The molecule has 2 saturated heterocycles. The zero-order chi connectivity index (χ0) is 19.8. The molecule has 146 valence electrons. The summed E-state index contributed by atoms with van der Waals surface area (Å²) in [6, 6.07) is 12.4. The summed E-state index contributed by atoms with van der Waals surface area (Å²) >= 11 is 0. The number of phenols is 1. The number of hydrogen-bond acceptors (Lipinski definition) is 7. The second-order valence-electron chi connectivity index (χ2n) is 7.17. The van der Waals surface area contributed by atoms with E-state index in [1.807, 2.05) is 6.07 Å². The topological polar surface area (TPSA) is 137 Å². The van der Waals surface area contributed by atoms with Crippen molar-refractivity contribution in [2.45, 2.75) is 24.7 Å².